The third-order valence-corrected chi connectivity index (χ3v) is 2.78. The van der Waals surface area contributed by atoms with E-state index < -0.39 is 5.97 Å². The Hall–Kier alpha value is -1.73. The van der Waals surface area contributed by atoms with Gasteiger partial charge in [0.15, 0.2) is 6.61 Å². The first kappa shape index (κ1) is 11.7. The van der Waals surface area contributed by atoms with E-state index in [0.29, 0.717) is 11.4 Å². The summed E-state index contributed by atoms with van der Waals surface area (Å²) in [6.07, 6.45) is 0.528. The van der Waals surface area contributed by atoms with Gasteiger partial charge in [-0.25, -0.2) is 0 Å². The molecule has 0 saturated carbocycles. The fourth-order valence-electron chi connectivity index (χ4n) is 1.74. The lowest BCUT2D eigenvalue weighted by atomic mass is 9.97. The van der Waals surface area contributed by atoms with Gasteiger partial charge in [-0.2, -0.15) is 5.26 Å². The third-order valence-electron chi connectivity index (χ3n) is 2.54. The molecule has 0 saturated heterocycles. The van der Waals surface area contributed by atoms with Crippen LogP contribution in [0.4, 0.5) is 0 Å². The molecular weight excluding hydrogens is 242 g/mol. The zero-order valence-electron chi connectivity index (χ0n) is 8.98. The van der Waals surface area contributed by atoms with E-state index in [1.54, 1.807) is 24.3 Å². The van der Waals surface area contributed by atoms with Gasteiger partial charge < -0.3 is 9.47 Å². The lowest BCUT2D eigenvalue weighted by Crippen LogP contribution is -2.29. The Bertz CT molecular complexity index is 481. The number of esters is 1. The molecule has 4 nitrogen and oxygen atoms in total. The maximum Gasteiger partial charge on any atom is 0.313 e. The summed E-state index contributed by atoms with van der Waals surface area (Å²) in [7, 11) is 0. The van der Waals surface area contributed by atoms with Gasteiger partial charge in [0, 0.05) is 5.02 Å². The number of nitriles is 1. The maximum atomic E-state index is 11.6. The summed E-state index contributed by atoms with van der Waals surface area (Å²) < 4.78 is 10.2. The molecule has 1 aromatic carbocycles. The molecule has 0 N–H and O–H groups in total. The minimum atomic E-state index is -0.405. The largest absolute Gasteiger partial charge is 0.492 e. The second kappa shape index (κ2) is 5.07. The SMILES string of the molecule is N#CCOC(=O)C1COc2ccc(Cl)cc2C1. The summed E-state index contributed by atoms with van der Waals surface area (Å²) in [5, 5.41) is 8.94. The minimum Gasteiger partial charge on any atom is -0.492 e. The summed E-state index contributed by atoms with van der Waals surface area (Å²) >= 11 is 5.87. The Balaban J connectivity index is 2.08. The highest BCUT2D eigenvalue weighted by atomic mass is 35.5. The number of halogens is 1. The van der Waals surface area contributed by atoms with E-state index in [-0.39, 0.29) is 19.1 Å². The molecule has 0 radical (unpaired) electrons. The van der Waals surface area contributed by atoms with Gasteiger partial charge >= 0.3 is 5.97 Å². The highest BCUT2D eigenvalue weighted by Gasteiger charge is 2.27. The van der Waals surface area contributed by atoms with Crippen LogP contribution in [0.1, 0.15) is 5.56 Å². The van der Waals surface area contributed by atoms with Crippen LogP contribution in [-0.2, 0) is 16.0 Å². The van der Waals surface area contributed by atoms with Crippen LogP contribution in [0.3, 0.4) is 0 Å². The van der Waals surface area contributed by atoms with Crippen LogP contribution in [0, 0.1) is 17.2 Å². The number of hydrogen-bond donors (Lipinski definition) is 0. The van der Waals surface area contributed by atoms with Crippen LogP contribution < -0.4 is 4.74 Å². The highest BCUT2D eigenvalue weighted by molar-refractivity contribution is 6.30. The first-order valence-electron chi connectivity index (χ1n) is 5.15. The van der Waals surface area contributed by atoms with Gasteiger partial charge in [-0.1, -0.05) is 11.6 Å². The number of carbonyl (C=O) groups excluding carboxylic acids is 1. The molecule has 0 amide bonds. The molecule has 0 bridgehead atoms. The minimum absolute atomic E-state index is 0.224. The van der Waals surface area contributed by atoms with Crippen molar-refractivity contribution in [1.82, 2.24) is 0 Å². The molecular formula is C12H10ClNO3. The Morgan fingerprint density at radius 1 is 1.65 bits per heavy atom. The van der Waals surface area contributed by atoms with Crippen molar-refractivity contribution >= 4 is 17.6 Å². The molecule has 0 aromatic heterocycles. The van der Waals surface area contributed by atoms with Gasteiger partial charge in [-0.3, -0.25) is 4.79 Å². The molecule has 5 heteroatoms. The number of rotatable bonds is 2. The topological polar surface area (TPSA) is 59.3 Å². The standard InChI is InChI=1S/C12H10ClNO3/c13-10-1-2-11-8(6-10)5-9(7-17-11)12(15)16-4-3-14/h1-2,6,9H,4-5,7H2. The molecule has 0 fully saturated rings. The van der Waals surface area contributed by atoms with Crippen molar-refractivity contribution in [2.45, 2.75) is 6.42 Å². The molecule has 0 aliphatic carbocycles. The third kappa shape index (κ3) is 2.69. The quantitative estimate of drug-likeness (QED) is 0.754. The van der Waals surface area contributed by atoms with Crippen molar-refractivity contribution in [3.8, 4) is 11.8 Å². The normalized spacial score (nSPS) is 17.5. The predicted octanol–water partition coefficient (Wildman–Crippen LogP) is 1.96. The Kier molecular flexibility index (Phi) is 3.50. The monoisotopic (exact) mass is 251 g/mol. The van der Waals surface area contributed by atoms with E-state index in [4.69, 9.17) is 26.3 Å². The van der Waals surface area contributed by atoms with Gasteiger partial charge in [-0.05, 0) is 30.2 Å². The second-order valence-electron chi connectivity index (χ2n) is 3.73. The number of ether oxygens (including phenoxy) is 2. The van der Waals surface area contributed by atoms with Crippen molar-refractivity contribution in [3.05, 3.63) is 28.8 Å². The van der Waals surface area contributed by atoms with Crippen molar-refractivity contribution in [2.24, 2.45) is 5.92 Å². The van der Waals surface area contributed by atoms with Crippen molar-refractivity contribution < 1.29 is 14.3 Å². The number of fused-ring (bicyclic) bond motifs is 1. The highest BCUT2D eigenvalue weighted by Crippen LogP contribution is 2.30. The summed E-state index contributed by atoms with van der Waals surface area (Å²) in [5.74, 6) is -0.0229. The summed E-state index contributed by atoms with van der Waals surface area (Å²) in [5.41, 5.74) is 0.891. The van der Waals surface area contributed by atoms with Gasteiger partial charge in [0.25, 0.3) is 0 Å². The van der Waals surface area contributed by atoms with Crippen LogP contribution in [0.25, 0.3) is 0 Å². The molecule has 1 atom stereocenters. The fraction of sp³-hybridized carbons (Fsp3) is 0.333. The van der Waals surface area contributed by atoms with E-state index in [1.165, 1.54) is 0 Å². The zero-order valence-corrected chi connectivity index (χ0v) is 9.74. The Labute approximate surface area is 104 Å². The van der Waals surface area contributed by atoms with Gasteiger partial charge in [0.2, 0.25) is 0 Å². The van der Waals surface area contributed by atoms with E-state index in [9.17, 15) is 4.79 Å². The van der Waals surface area contributed by atoms with Gasteiger partial charge in [-0.15, -0.1) is 0 Å². The maximum absolute atomic E-state index is 11.6. The Morgan fingerprint density at radius 3 is 3.24 bits per heavy atom. The summed E-state index contributed by atoms with van der Waals surface area (Å²) in [4.78, 5) is 11.6. The predicted molar refractivity (Wildman–Crippen MR) is 60.7 cm³/mol. The van der Waals surface area contributed by atoms with Crippen LogP contribution in [0.5, 0.6) is 5.75 Å². The number of carbonyl (C=O) groups is 1. The molecule has 2 rings (SSSR count). The smallest absolute Gasteiger partial charge is 0.313 e. The van der Waals surface area contributed by atoms with E-state index in [0.717, 1.165) is 11.3 Å². The average molecular weight is 252 g/mol. The Morgan fingerprint density at radius 2 is 2.47 bits per heavy atom. The lowest BCUT2D eigenvalue weighted by Gasteiger charge is -2.23. The summed E-state index contributed by atoms with van der Waals surface area (Å²) in [6.45, 7) is 0.0522. The molecule has 1 aromatic rings. The molecule has 0 spiro atoms. The average Bonchev–Trinajstić information content (AvgIpc) is 2.35. The lowest BCUT2D eigenvalue weighted by molar-refractivity contribution is -0.148. The molecule has 1 aliphatic rings. The van der Waals surface area contributed by atoms with E-state index in [2.05, 4.69) is 0 Å². The number of nitrogens with zero attached hydrogens (tertiary/aromatic N) is 1. The van der Waals surface area contributed by atoms with Crippen molar-refractivity contribution in [1.29, 1.82) is 5.26 Å². The molecule has 1 heterocycles. The van der Waals surface area contributed by atoms with E-state index >= 15 is 0 Å². The van der Waals surface area contributed by atoms with Crippen LogP contribution in [0.2, 0.25) is 5.02 Å². The first-order chi connectivity index (χ1) is 8.20. The van der Waals surface area contributed by atoms with Crippen LogP contribution in [-0.4, -0.2) is 19.2 Å². The molecule has 17 heavy (non-hydrogen) atoms. The summed E-state index contributed by atoms with van der Waals surface area (Å²) in [6, 6.07) is 7.07. The van der Waals surface area contributed by atoms with Gasteiger partial charge in [0.05, 0.1) is 5.92 Å². The van der Waals surface area contributed by atoms with E-state index in [1.807, 2.05) is 0 Å². The first-order valence-corrected chi connectivity index (χ1v) is 5.53. The molecule has 88 valence electrons. The van der Waals surface area contributed by atoms with Crippen LogP contribution in [0.15, 0.2) is 18.2 Å². The van der Waals surface area contributed by atoms with Crippen LogP contribution >= 0.6 is 11.6 Å². The number of hydrogen-bond acceptors (Lipinski definition) is 4. The fourth-order valence-corrected chi connectivity index (χ4v) is 1.93. The van der Waals surface area contributed by atoms with Crippen molar-refractivity contribution in [2.75, 3.05) is 13.2 Å². The van der Waals surface area contributed by atoms with Gasteiger partial charge in [0.1, 0.15) is 18.4 Å². The molecule has 1 unspecified atom stereocenters. The number of benzene rings is 1. The molecule has 1 aliphatic heterocycles. The van der Waals surface area contributed by atoms with Crippen molar-refractivity contribution in [3.63, 3.8) is 0 Å². The zero-order chi connectivity index (χ0) is 12.3. The second-order valence-corrected chi connectivity index (χ2v) is 4.17.